The van der Waals surface area contributed by atoms with E-state index >= 15 is 0 Å². The number of benzene rings is 1. The molecular weight excluding hydrogens is 300 g/mol. The average Bonchev–Trinajstić information content (AvgIpc) is 3.06. The van der Waals surface area contributed by atoms with Gasteiger partial charge in [-0.1, -0.05) is 11.8 Å². The molecule has 0 spiro atoms. The Labute approximate surface area is 132 Å². The van der Waals surface area contributed by atoms with E-state index < -0.39 is 0 Å². The standard InChI is InChI=1S/C15H14N4O2S/c1-10(22-15-16-8-3-9-17-15)13-18-19-14(21-13)11-4-6-12(20-2)7-5-11/h3-10H,1-2H3/t10-/m1/s1. The van der Waals surface area contributed by atoms with Gasteiger partial charge in [-0.05, 0) is 37.3 Å². The van der Waals surface area contributed by atoms with Gasteiger partial charge < -0.3 is 9.15 Å². The molecule has 0 unspecified atom stereocenters. The number of rotatable bonds is 5. The fraction of sp³-hybridized carbons (Fsp3) is 0.200. The van der Waals surface area contributed by atoms with Crippen LogP contribution in [0.25, 0.3) is 11.5 Å². The van der Waals surface area contributed by atoms with Gasteiger partial charge >= 0.3 is 0 Å². The quantitative estimate of drug-likeness (QED) is 0.528. The molecule has 0 aliphatic heterocycles. The molecule has 0 amide bonds. The maximum absolute atomic E-state index is 5.74. The van der Waals surface area contributed by atoms with E-state index in [1.165, 1.54) is 11.8 Å². The topological polar surface area (TPSA) is 73.9 Å². The van der Waals surface area contributed by atoms with Crippen molar-refractivity contribution in [3.63, 3.8) is 0 Å². The van der Waals surface area contributed by atoms with Crippen molar-refractivity contribution >= 4 is 11.8 Å². The summed E-state index contributed by atoms with van der Waals surface area (Å²) in [6, 6.07) is 9.26. The third-order valence-corrected chi connectivity index (χ3v) is 3.93. The number of ether oxygens (including phenoxy) is 1. The first-order valence-electron chi connectivity index (χ1n) is 6.68. The van der Waals surface area contributed by atoms with Crippen LogP contribution in [0.3, 0.4) is 0 Å². The van der Waals surface area contributed by atoms with Crippen LogP contribution in [-0.2, 0) is 0 Å². The summed E-state index contributed by atoms with van der Waals surface area (Å²) in [6.07, 6.45) is 3.41. The SMILES string of the molecule is COc1ccc(-c2nnc([C@@H](C)Sc3ncccn3)o2)cc1. The molecule has 0 saturated heterocycles. The molecule has 0 bridgehead atoms. The second-order valence-corrected chi connectivity index (χ2v) is 5.77. The Morgan fingerprint density at radius 2 is 1.82 bits per heavy atom. The summed E-state index contributed by atoms with van der Waals surface area (Å²) in [4.78, 5) is 8.35. The Bertz CT molecular complexity index is 731. The van der Waals surface area contributed by atoms with Crippen molar-refractivity contribution in [3.05, 3.63) is 48.6 Å². The van der Waals surface area contributed by atoms with E-state index in [2.05, 4.69) is 20.2 Å². The summed E-state index contributed by atoms with van der Waals surface area (Å²) in [5.41, 5.74) is 0.854. The van der Waals surface area contributed by atoms with Crippen LogP contribution < -0.4 is 4.74 Å². The first-order chi connectivity index (χ1) is 10.8. The smallest absolute Gasteiger partial charge is 0.247 e. The van der Waals surface area contributed by atoms with Crippen LogP contribution in [0.15, 0.2) is 52.3 Å². The highest BCUT2D eigenvalue weighted by Crippen LogP contribution is 2.33. The lowest BCUT2D eigenvalue weighted by molar-refractivity contribution is 0.415. The van der Waals surface area contributed by atoms with E-state index in [1.807, 2.05) is 31.2 Å². The first-order valence-corrected chi connectivity index (χ1v) is 7.55. The van der Waals surface area contributed by atoms with Crippen molar-refractivity contribution in [2.75, 3.05) is 7.11 Å². The summed E-state index contributed by atoms with van der Waals surface area (Å²) >= 11 is 1.47. The van der Waals surface area contributed by atoms with Crippen LogP contribution in [0.2, 0.25) is 0 Å². The predicted octanol–water partition coefficient (Wildman–Crippen LogP) is 3.39. The molecule has 0 N–H and O–H groups in total. The molecule has 1 atom stereocenters. The molecule has 22 heavy (non-hydrogen) atoms. The summed E-state index contributed by atoms with van der Waals surface area (Å²) in [5, 5.41) is 8.85. The molecule has 112 valence electrons. The van der Waals surface area contributed by atoms with Crippen LogP contribution in [0.5, 0.6) is 5.75 Å². The zero-order chi connectivity index (χ0) is 15.4. The van der Waals surface area contributed by atoms with Gasteiger partial charge in [0.2, 0.25) is 11.8 Å². The number of thioether (sulfide) groups is 1. The number of aromatic nitrogens is 4. The fourth-order valence-electron chi connectivity index (χ4n) is 1.80. The highest BCUT2D eigenvalue weighted by molar-refractivity contribution is 7.99. The van der Waals surface area contributed by atoms with Crippen molar-refractivity contribution in [1.82, 2.24) is 20.2 Å². The van der Waals surface area contributed by atoms with Crippen molar-refractivity contribution in [2.45, 2.75) is 17.3 Å². The Morgan fingerprint density at radius 3 is 2.50 bits per heavy atom. The molecular formula is C15H14N4O2S. The van der Waals surface area contributed by atoms with E-state index in [0.29, 0.717) is 16.9 Å². The van der Waals surface area contributed by atoms with Gasteiger partial charge in [-0.15, -0.1) is 10.2 Å². The molecule has 3 rings (SSSR count). The Morgan fingerprint density at radius 1 is 1.09 bits per heavy atom. The number of nitrogens with zero attached hydrogens (tertiary/aromatic N) is 4. The lowest BCUT2D eigenvalue weighted by atomic mass is 10.2. The van der Waals surface area contributed by atoms with E-state index in [9.17, 15) is 0 Å². The van der Waals surface area contributed by atoms with Crippen molar-refractivity contribution in [2.24, 2.45) is 0 Å². The van der Waals surface area contributed by atoms with Gasteiger partial charge in [-0.25, -0.2) is 9.97 Å². The summed E-state index contributed by atoms with van der Waals surface area (Å²) < 4.78 is 10.9. The van der Waals surface area contributed by atoms with Gasteiger partial charge in [0, 0.05) is 18.0 Å². The maximum Gasteiger partial charge on any atom is 0.247 e. The molecule has 0 radical (unpaired) electrons. The van der Waals surface area contributed by atoms with Gasteiger partial charge in [0.1, 0.15) is 5.75 Å². The molecule has 0 aliphatic rings. The molecule has 0 fully saturated rings. The summed E-state index contributed by atoms with van der Waals surface area (Å²) in [6.45, 7) is 1.98. The van der Waals surface area contributed by atoms with Crippen LogP contribution in [-0.4, -0.2) is 27.3 Å². The molecule has 7 heteroatoms. The Kier molecular flexibility index (Phi) is 4.34. The molecule has 0 aliphatic carbocycles. The third-order valence-electron chi connectivity index (χ3n) is 2.95. The number of hydrogen-bond donors (Lipinski definition) is 0. The molecule has 6 nitrogen and oxygen atoms in total. The monoisotopic (exact) mass is 314 g/mol. The van der Waals surface area contributed by atoms with E-state index in [0.717, 1.165) is 11.3 Å². The second-order valence-electron chi connectivity index (χ2n) is 4.47. The highest BCUT2D eigenvalue weighted by Gasteiger charge is 2.17. The molecule has 2 heterocycles. The average molecular weight is 314 g/mol. The van der Waals surface area contributed by atoms with Gasteiger partial charge in [-0.2, -0.15) is 0 Å². The normalized spacial score (nSPS) is 12.1. The second kappa shape index (κ2) is 6.57. The Hall–Kier alpha value is -2.41. The zero-order valence-electron chi connectivity index (χ0n) is 12.1. The first kappa shape index (κ1) is 14.5. The summed E-state index contributed by atoms with van der Waals surface area (Å²) in [5.74, 6) is 1.82. The van der Waals surface area contributed by atoms with Gasteiger partial charge in [-0.3, -0.25) is 0 Å². The van der Waals surface area contributed by atoms with Crippen molar-refractivity contribution < 1.29 is 9.15 Å². The van der Waals surface area contributed by atoms with Crippen LogP contribution >= 0.6 is 11.8 Å². The maximum atomic E-state index is 5.74. The minimum atomic E-state index is -0.0260. The number of methoxy groups -OCH3 is 1. The minimum Gasteiger partial charge on any atom is -0.497 e. The molecule has 3 aromatic rings. The van der Waals surface area contributed by atoms with Crippen molar-refractivity contribution in [3.8, 4) is 17.2 Å². The van der Waals surface area contributed by atoms with E-state index in [-0.39, 0.29) is 5.25 Å². The van der Waals surface area contributed by atoms with Crippen LogP contribution in [0.1, 0.15) is 18.1 Å². The number of hydrogen-bond acceptors (Lipinski definition) is 7. The van der Waals surface area contributed by atoms with Gasteiger partial charge in [0.15, 0.2) is 5.16 Å². The predicted molar refractivity (Wildman–Crippen MR) is 82.6 cm³/mol. The zero-order valence-corrected chi connectivity index (χ0v) is 12.9. The highest BCUT2D eigenvalue weighted by atomic mass is 32.2. The van der Waals surface area contributed by atoms with Crippen LogP contribution in [0, 0.1) is 0 Å². The van der Waals surface area contributed by atoms with Crippen LogP contribution in [0.4, 0.5) is 0 Å². The lowest BCUT2D eigenvalue weighted by Gasteiger charge is -2.04. The fourth-order valence-corrected chi connectivity index (χ4v) is 2.56. The third kappa shape index (κ3) is 3.25. The largest absolute Gasteiger partial charge is 0.497 e. The van der Waals surface area contributed by atoms with Gasteiger partial charge in [0.05, 0.1) is 12.4 Å². The molecule has 1 aromatic carbocycles. The Balaban J connectivity index is 1.75. The lowest BCUT2D eigenvalue weighted by Crippen LogP contribution is -1.91. The molecule has 0 saturated carbocycles. The van der Waals surface area contributed by atoms with Crippen molar-refractivity contribution in [1.29, 1.82) is 0 Å². The molecule has 2 aromatic heterocycles. The van der Waals surface area contributed by atoms with E-state index in [1.54, 1.807) is 25.6 Å². The van der Waals surface area contributed by atoms with Gasteiger partial charge in [0.25, 0.3) is 0 Å². The summed E-state index contributed by atoms with van der Waals surface area (Å²) in [7, 11) is 1.63. The minimum absolute atomic E-state index is 0.0260. The van der Waals surface area contributed by atoms with E-state index in [4.69, 9.17) is 9.15 Å².